The molecule has 0 N–H and O–H groups in total. The Morgan fingerprint density at radius 1 is 0.750 bits per heavy atom. The molecule has 118 valence electrons. The van der Waals surface area contributed by atoms with Crippen LogP contribution < -0.4 is 0 Å². The molecule has 1 aliphatic carbocycles. The second-order valence-corrected chi connectivity index (χ2v) is 7.58. The third kappa shape index (κ3) is 1.46. The summed E-state index contributed by atoms with van der Waals surface area (Å²) in [6, 6.07) is 20.1. The fourth-order valence-electron chi connectivity index (χ4n) is 4.84. The van der Waals surface area contributed by atoms with Gasteiger partial charge in [0.15, 0.2) is 0 Å². The third-order valence-corrected chi connectivity index (χ3v) is 5.89. The predicted octanol–water partition coefficient (Wildman–Crippen LogP) is 5.95. The maximum absolute atomic E-state index is 2.41. The van der Waals surface area contributed by atoms with Crippen LogP contribution in [0, 0.1) is 6.92 Å². The van der Waals surface area contributed by atoms with Crippen LogP contribution in [0.15, 0.2) is 54.6 Å². The molecule has 0 amide bonds. The van der Waals surface area contributed by atoms with Gasteiger partial charge in [-0.05, 0) is 34.7 Å². The quantitative estimate of drug-likeness (QED) is 0.378. The van der Waals surface area contributed by atoms with Gasteiger partial charge in [0.05, 0.1) is 11.0 Å². The minimum absolute atomic E-state index is 0.0292. The molecule has 24 heavy (non-hydrogen) atoms. The van der Waals surface area contributed by atoms with Crippen molar-refractivity contribution in [2.24, 2.45) is 7.05 Å². The highest BCUT2D eigenvalue weighted by Crippen LogP contribution is 2.52. The number of rotatable bonds is 0. The van der Waals surface area contributed by atoms with Crippen molar-refractivity contribution < 1.29 is 0 Å². The van der Waals surface area contributed by atoms with E-state index in [0.29, 0.717) is 0 Å². The van der Waals surface area contributed by atoms with E-state index >= 15 is 0 Å². The maximum atomic E-state index is 2.41. The Balaban J connectivity index is 2.04. The van der Waals surface area contributed by atoms with Gasteiger partial charge in [-0.15, -0.1) is 0 Å². The van der Waals surface area contributed by atoms with Crippen molar-refractivity contribution in [2.75, 3.05) is 0 Å². The second kappa shape index (κ2) is 4.30. The molecule has 1 nitrogen and oxygen atoms in total. The van der Waals surface area contributed by atoms with Crippen LogP contribution in [0.2, 0.25) is 0 Å². The number of hydrogen-bond donors (Lipinski definition) is 0. The first-order valence-corrected chi connectivity index (χ1v) is 8.63. The summed E-state index contributed by atoms with van der Waals surface area (Å²) in [5.74, 6) is 0. The summed E-state index contributed by atoms with van der Waals surface area (Å²) in [5, 5.41) is 2.73. The van der Waals surface area contributed by atoms with E-state index in [0.717, 1.165) is 0 Å². The molecule has 1 heteroatoms. The standard InChI is InChI=1S/C23H21N/c1-14-8-7-10-17-18-13-12-16-15-9-5-6-11-19(15)23(2,3)20(16)22(18)24(4)21(14)17/h5-13H,1-4H3. The molecule has 1 aromatic heterocycles. The van der Waals surface area contributed by atoms with Gasteiger partial charge in [-0.3, -0.25) is 0 Å². The van der Waals surface area contributed by atoms with Crippen LogP contribution in [0.25, 0.3) is 32.9 Å². The van der Waals surface area contributed by atoms with Gasteiger partial charge in [-0.1, -0.05) is 68.4 Å². The van der Waals surface area contributed by atoms with E-state index in [9.17, 15) is 0 Å². The van der Waals surface area contributed by atoms with Crippen LogP contribution in [0.1, 0.15) is 30.5 Å². The van der Waals surface area contributed by atoms with Crippen LogP contribution in [0.4, 0.5) is 0 Å². The Bertz CT molecular complexity index is 1140. The molecular formula is C23H21N. The summed E-state index contributed by atoms with van der Waals surface area (Å²) < 4.78 is 2.41. The maximum Gasteiger partial charge on any atom is 0.0536 e. The lowest BCUT2D eigenvalue weighted by molar-refractivity contribution is 0.662. The summed E-state index contributed by atoms with van der Waals surface area (Å²) >= 11 is 0. The number of aromatic nitrogens is 1. The van der Waals surface area contributed by atoms with E-state index in [-0.39, 0.29) is 5.41 Å². The van der Waals surface area contributed by atoms with Crippen LogP contribution in [0.3, 0.4) is 0 Å². The fourth-order valence-corrected chi connectivity index (χ4v) is 4.84. The van der Waals surface area contributed by atoms with Gasteiger partial charge >= 0.3 is 0 Å². The minimum atomic E-state index is 0.0292. The highest BCUT2D eigenvalue weighted by atomic mass is 14.9. The molecule has 1 heterocycles. The molecule has 0 atom stereocenters. The summed E-state index contributed by atoms with van der Waals surface area (Å²) in [6.45, 7) is 6.94. The second-order valence-electron chi connectivity index (χ2n) is 7.58. The lowest BCUT2D eigenvalue weighted by Gasteiger charge is -2.23. The van der Waals surface area contributed by atoms with Crippen molar-refractivity contribution in [1.82, 2.24) is 4.57 Å². The van der Waals surface area contributed by atoms with Crippen molar-refractivity contribution in [2.45, 2.75) is 26.2 Å². The highest BCUT2D eigenvalue weighted by Gasteiger charge is 2.37. The number of para-hydroxylation sites is 1. The van der Waals surface area contributed by atoms with Gasteiger partial charge in [0.1, 0.15) is 0 Å². The van der Waals surface area contributed by atoms with Crippen molar-refractivity contribution in [3.63, 3.8) is 0 Å². The molecule has 1 aliphatic rings. The molecule has 0 aliphatic heterocycles. The minimum Gasteiger partial charge on any atom is -0.343 e. The lowest BCUT2D eigenvalue weighted by Crippen LogP contribution is -2.16. The topological polar surface area (TPSA) is 4.93 Å². The molecule has 0 spiro atoms. The largest absolute Gasteiger partial charge is 0.343 e. The molecule has 0 saturated carbocycles. The fraction of sp³-hybridized carbons (Fsp3) is 0.217. The number of nitrogens with zero attached hydrogens (tertiary/aromatic N) is 1. The van der Waals surface area contributed by atoms with Crippen LogP contribution in [0.5, 0.6) is 0 Å². The molecule has 0 radical (unpaired) electrons. The van der Waals surface area contributed by atoms with Crippen molar-refractivity contribution in [3.05, 3.63) is 71.3 Å². The predicted molar refractivity (Wildman–Crippen MR) is 103 cm³/mol. The van der Waals surface area contributed by atoms with Gasteiger partial charge in [0.25, 0.3) is 0 Å². The van der Waals surface area contributed by atoms with E-state index < -0.39 is 0 Å². The average Bonchev–Trinajstić information content (AvgIpc) is 3.00. The summed E-state index contributed by atoms with van der Waals surface area (Å²) in [5.41, 5.74) is 9.81. The Morgan fingerprint density at radius 2 is 1.50 bits per heavy atom. The van der Waals surface area contributed by atoms with E-state index in [1.165, 1.54) is 49.6 Å². The van der Waals surface area contributed by atoms with Crippen LogP contribution in [-0.2, 0) is 12.5 Å². The monoisotopic (exact) mass is 311 g/mol. The highest BCUT2D eigenvalue weighted by molar-refractivity contribution is 6.12. The lowest BCUT2D eigenvalue weighted by atomic mass is 9.81. The van der Waals surface area contributed by atoms with E-state index in [4.69, 9.17) is 0 Å². The summed E-state index contributed by atoms with van der Waals surface area (Å²) in [7, 11) is 2.22. The van der Waals surface area contributed by atoms with Gasteiger partial charge in [0, 0.05) is 23.2 Å². The Labute approximate surface area is 142 Å². The zero-order valence-electron chi connectivity index (χ0n) is 14.6. The van der Waals surface area contributed by atoms with Gasteiger partial charge < -0.3 is 4.57 Å². The molecular weight excluding hydrogens is 290 g/mol. The smallest absolute Gasteiger partial charge is 0.0536 e. The molecule has 0 fully saturated rings. The van der Waals surface area contributed by atoms with Crippen molar-refractivity contribution >= 4 is 21.8 Å². The van der Waals surface area contributed by atoms with Gasteiger partial charge in [-0.25, -0.2) is 0 Å². The Kier molecular flexibility index (Phi) is 2.48. The summed E-state index contributed by atoms with van der Waals surface area (Å²) in [4.78, 5) is 0. The SMILES string of the molecule is Cc1cccc2c3ccc4c(c3n(C)c12)C(C)(C)c1ccccc1-4. The first-order chi connectivity index (χ1) is 11.5. The summed E-state index contributed by atoms with van der Waals surface area (Å²) in [6.07, 6.45) is 0. The molecule has 5 rings (SSSR count). The number of benzene rings is 3. The molecule has 3 aromatic carbocycles. The zero-order chi connectivity index (χ0) is 16.6. The number of fused-ring (bicyclic) bond motifs is 7. The number of aryl methyl sites for hydroxylation is 2. The zero-order valence-corrected chi connectivity index (χ0v) is 14.6. The molecule has 0 unspecified atom stereocenters. The molecule has 0 bridgehead atoms. The van der Waals surface area contributed by atoms with Gasteiger partial charge in [-0.2, -0.15) is 0 Å². The van der Waals surface area contributed by atoms with Crippen molar-refractivity contribution in [1.29, 1.82) is 0 Å². The Morgan fingerprint density at radius 3 is 2.33 bits per heavy atom. The molecule has 0 saturated heterocycles. The first-order valence-electron chi connectivity index (χ1n) is 8.63. The number of hydrogen-bond acceptors (Lipinski definition) is 0. The van der Waals surface area contributed by atoms with Crippen LogP contribution in [-0.4, -0.2) is 4.57 Å². The van der Waals surface area contributed by atoms with E-state index in [1.807, 2.05) is 0 Å². The Hall–Kier alpha value is -2.54. The van der Waals surface area contributed by atoms with Crippen molar-refractivity contribution in [3.8, 4) is 11.1 Å². The van der Waals surface area contributed by atoms with E-state index in [1.54, 1.807) is 0 Å². The van der Waals surface area contributed by atoms with Gasteiger partial charge in [0.2, 0.25) is 0 Å². The normalized spacial score (nSPS) is 15.0. The third-order valence-electron chi connectivity index (χ3n) is 5.89. The average molecular weight is 311 g/mol. The molecule has 4 aromatic rings. The van der Waals surface area contributed by atoms with E-state index in [2.05, 4.69) is 87.0 Å². The first kappa shape index (κ1) is 13.9. The van der Waals surface area contributed by atoms with Crippen LogP contribution >= 0.6 is 0 Å².